The molecule has 1 N–H and O–H groups in total. The van der Waals surface area contributed by atoms with Gasteiger partial charge in [-0.25, -0.2) is 0 Å². The van der Waals surface area contributed by atoms with Crippen molar-refractivity contribution in [1.82, 2.24) is 4.90 Å². The zero-order valence-electron chi connectivity index (χ0n) is 12.9. The Morgan fingerprint density at radius 3 is 2.11 bits per heavy atom. The quantitative estimate of drug-likeness (QED) is 0.652. The van der Waals surface area contributed by atoms with Crippen LogP contribution in [0, 0.1) is 0 Å². The van der Waals surface area contributed by atoms with Crippen LogP contribution < -0.4 is 0 Å². The highest BCUT2D eigenvalue weighted by molar-refractivity contribution is 4.83. The van der Waals surface area contributed by atoms with Gasteiger partial charge in [0.1, 0.15) is 0 Å². The zero-order valence-corrected chi connectivity index (χ0v) is 12.9. The van der Waals surface area contributed by atoms with Crippen molar-refractivity contribution >= 4 is 0 Å². The number of aliphatic hydroxyl groups is 1. The van der Waals surface area contributed by atoms with Gasteiger partial charge < -0.3 is 14.6 Å². The average Bonchev–Trinajstić information content (AvgIpc) is 2.36. The Hall–Kier alpha value is -0.160. The maximum atomic E-state index is 10.3. The van der Waals surface area contributed by atoms with Crippen molar-refractivity contribution in [1.29, 1.82) is 0 Å². The van der Waals surface area contributed by atoms with Crippen molar-refractivity contribution in [3.8, 4) is 0 Å². The van der Waals surface area contributed by atoms with E-state index in [2.05, 4.69) is 18.7 Å². The fraction of sp³-hybridized carbons (Fsp3) is 1.00. The van der Waals surface area contributed by atoms with Gasteiger partial charge in [-0.15, -0.1) is 0 Å². The Morgan fingerprint density at radius 2 is 1.72 bits per heavy atom. The van der Waals surface area contributed by atoms with Gasteiger partial charge in [-0.05, 0) is 26.7 Å². The van der Waals surface area contributed by atoms with Crippen LogP contribution in [0.25, 0.3) is 0 Å². The molecule has 0 radical (unpaired) electrons. The molecule has 0 heterocycles. The first-order valence-electron chi connectivity index (χ1n) is 6.89. The Balaban J connectivity index is 4.56. The highest BCUT2D eigenvalue weighted by Crippen LogP contribution is 2.17. The van der Waals surface area contributed by atoms with Crippen LogP contribution in [0.5, 0.6) is 0 Å². The van der Waals surface area contributed by atoms with Gasteiger partial charge >= 0.3 is 0 Å². The summed E-state index contributed by atoms with van der Waals surface area (Å²) in [7, 11) is 3.35. The molecule has 0 aliphatic carbocycles. The van der Waals surface area contributed by atoms with Gasteiger partial charge in [-0.3, -0.25) is 4.90 Å². The second-order valence-corrected chi connectivity index (χ2v) is 5.28. The number of ether oxygens (including phenoxy) is 2. The predicted octanol–water partition coefficient (Wildman–Crippen LogP) is 1.91. The lowest BCUT2D eigenvalue weighted by molar-refractivity contribution is -0.0927. The molecule has 4 heteroatoms. The molecule has 0 aromatic heterocycles. The van der Waals surface area contributed by atoms with Crippen LogP contribution in [0.2, 0.25) is 0 Å². The second-order valence-electron chi connectivity index (χ2n) is 5.28. The molecule has 0 bridgehead atoms. The summed E-state index contributed by atoms with van der Waals surface area (Å²) in [5, 5.41) is 10.3. The molecule has 0 amide bonds. The van der Waals surface area contributed by atoms with Gasteiger partial charge in [-0.2, -0.15) is 0 Å². The molecule has 0 saturated carbocycles. The lowest BCUT2D eigenvalue weighted by Gasteiger charge is -2.37. The van der Waals surface area contributed by atoms with Gasteiger partial charge in [-0.1, -0.05) is 13.8 Å². The minimum Gasteiger partial charge on any atom is -0.389 e. The first-order valence-corrected chi connectivity index (χ1v) is 6.89. The SMILES string of the molecule is CCC(CC)N(CCOC)CC(O)C(C)(C)OC. The Bertz CT molecular complexity index is 205. The summed E-state index contributed by atoms with van der Waals surface area (Å²) in [6, 6.07) is 0.488. The fourth-order valence-electron chi connectivity index (χ4n) is 2.01. The third-order valence-corrected chi connectivity index (χ3v) is 3.78. The number of methoxy groups -OCH3 is 2. The van der Waals surface area contributed by atoms with E-state index in [9.17, 15) is 5.11 Å². The molecule has 0 spiro atoms. The monoisotopic (exact) mass is 261 g/mol. The van der Waals surface area contributed by atoms with Crippen molar-refractivity contribution in [2.75, 3.05) is 33.9 Å². The van der Waals surface area contributed by atoms with Gasteiger partial charge in [0.15, 0.2) is 0 Å². The normalized spacial score (nSPS) is 14.5. The van der Waals surface area contributed by atoms with E-state index in [1.54, 1.807) is 14.2 Å². The van der Waals surface area contributed by atoms with Gasteiger partial charge in [0, 0.05) is 33.4 Å². The number of nitrogens with zero attached hydrogens (tertiary/aromatic N) is 1. The molecular weight excluding hydrogens is 230 g/mol. The highest BCUT2D eigenvalue weighted by Gasteiger charge is 2.30. The van der Waals surface area contributed by atoms with Gasteiger partial charge in [0.05, 0.1) is 18.3 Å². The molecule has 1 unspecified atom stereocenters. The highest BCUT2D eigenvalue weighted by atomic mass is 16.5. The lowest BCUT2D eigenvalue weighted by atomic mass is 9.99. The summed E-state index contributed by atoms with van der Waals surface area (Å²) in [6.45, 7) is 10.4. The van der Waals surface area contributed by atoms with Crippen molar-refractivity contribution in [2.24, 2.45) is 0 Å². The number of rotatable bonds is 10. The smallest absolute Gasteiger partial charge is 0.0950 e. The van der Waals surface area contributed by atoms with E-state index in [1.165, 1.54) is 0 Å². The Morgan fingerprint density at radius 1 is 1.17 bits per heavy atom. The first kappa shape index (κ1) is 17.8. The average molecular weight is 261 g/mol. The van der Waals surface area contributed by atoms with E-state index < -0.39 is 11.7 Å². The standard InChI is InChI=1S/C14H31NO3/c1-7-12(8-2)15(9-10-17-5)11-13(16)14(3,4)18-6/h12-13,16H,7-11H2,1-6H3. The van der Waals surface area contributed by atoms with Crippen LogP contribution in [-0.4, -0.2) is 61.7 Å². The third kappa shape index (κ3) is 5.65. The number of hydrogen-bond donors (Lipinski definition) is 1. The van der Waals surface area contributed by atoms with Crippen molar-refractivity contribution in [3.63, 3.8) is 0 Å². The summed E-state index contributed by atoms with van der Waals surface area (Å²) in [6.07, 6.45) is 1.67. The second kappa shape index (κ2) is 8.86. The van der Waals surface area contributed by atoms with Crippen LogP contribution in [0.4, 0.5) is 0 Å². The topological polar surface area (TPSA) is 41.9 Å². The van der Waals surface area contributed by atoms with Gasteiger partial charge in [0.2, 0.25) is 0 Å². The molecule has 110 valence electrons. The molecule has 4 nitrogen and oxygen atoms in total. The van der Waals surface area contributed by atoms with Crippen LogP contribution in [0.15, 0.2) is 0 Å². The van der Waals surface area contributed by atoms with E-state index in [4.69, 9.17) is 9.47 Å². The molecule has 0 fully saturated rings. The summed E-state index contributed by atoms with van der Waals surface area (Å²) in [4.78, 5) is 2.30. The molecule has 0 rings (SSSR count). The largest absolute Gasteiger partial charge is 0.389 e. The number of aliphatic hydroxyl groups excluding tert-OH is 1. The van der Waals surface area contributed by atoms with E-state index in [1.807, 2.05) is 13.8 Å². The van der Waals surface area contributed by atoms with Crippen LogP contribution in [0.3, 0.4) is 0 Å². The lowest BCUT2D eigenvalue weighted by Crippen LogP contribution is -2.49. The predicted molar refractivity (Wildman–Crippen MR) is 74.9 cm³/mol. The summed E-state index contributed by atoms with van der Waals surface area (Å²) < 4.78 is 10.5. The van der Waals surface area contributed by atoms with E-state index in [-0.39, 0.29) is 0 Å². The Kier molecular flexibility index (Phi) is 8.78. The van der Waals surface area contributed by atoms with E-state index in [0.29, 0.717) is 19.2 Å². The molecule has 0 aromatic carbocycles. The summed E-state index contributed by atoms with van der Waals surface area (Å²) >= 11 is 0. The molecule has 0 aromatic rings. The van der Waals surface area contributed by atoms with Crippen molar-refractivity contribution < 1.29 is 14.6 Å². The summed E-state index contributed by atoms with van der Waals surface area (Å²) in [5.41, 5.74) is -0.517. The van der Waals surface area contributed by atoms with Crippen LogP contribution >= 0.6 is 0 Å². The number of hydrogen-bond acceptors (Lipinski definition) is 4. The Labute approximate surface area is 112 Å². The van der Waals surface area contributed by atoms with E-state index >= 15 is 0 Å². The third-order valence-electron chi connectivity index (χ3n) is 3.78. The van der Waals surface area contributed by atoms with Crippen molar-refractivity contribution in [2.45, 2.75) is 58.3 Å². The van der Waals surface area contributed by atoms with Crippen molar-refractivity contribution in [3.05, 3.63) is 0 Å². The van der Waals surface area contributed by atoms with Crippen LogP contribution in [0.1, 0.15) is 40.5 Å². The first-order chi connectivity index (χ1) is 8.42. The summed E-state index contributed by atoms with van der Waals surface area (Å²) in [5.74, 6) is 0. The fourth-order valence-corrected chi connectivity index (χ4v) is 2.01. The van der Waals surface area contributed by atoms with Gasteiger partial charge in [0.25, 0.3) is 0 Å². The molecule has 18 heavy (non-hydrogen) atoms. The van der Waals surface area contributed by atoms with Crippen LogP contribution in [-0.2, 0) is 9.47 Å². The molecule has 0 aliphatic rings. The minimum atomic E-state index is -0.517. The maximum Gasteiger partial charge on any atom is 0.0950 e. The molecule has 1 atom stereocenters. The molecular formula is C14H31NO3. The minimum absolute atomic E-state index is 0.488. The zero-order chi connectivity index (χ0) is 14.2. The molecule has 0 aliphatic heterocycles. The maximum absolute atomic E-state index is 10.3. The van der Waals surface area contributed by atoms with E-state index in [0.717, 1.165) is 19.4 Å². The molecule has 0 saturated heterocycles.